The SMILES string of the molecule is CCCCCCCCCCC/C=C/C1=NCCN1C(C)O. The Morgan fingerprint density at radius 2 is 1.71 bits per heavy atom. The fraction of sp³-hybridized carbons (Fsp3) is 0.833. The number of nitrogens with zero attached hydrogens (tertiary/aromatic N) is 2. The van der Waals surface area contributed by atoms with E-state index >= 15 is 0 Å². The number of aliphatic imine (C=N–C) groups is 1. The molecule has 122 valence electrons. The number of unbranched alkanes of at least 4 members (excludes halogenated alkanes) is 9. The van der Waals surface area contributed by atoms with E-state index in [1.54, 1.807) is 6.92 Å². The van der Waals surface area contributed by atoms with E-state index in [9.17, 15) is 5.11 Å². The highest BCUT2D eigenvalue weighted by molar-refractivity contribution is 5.94. The Bertz CT molecular complexity index is 310. The third kappa shape index (κ3) is 8.25. The van der Waals surface area contributed by atoms with Gasteiger partial charge in [-0.3, -0.25) is 4.99 Å². The van der Waals surface area contributed by atoms with Gasteiger partial charge in [-0.05, 0) is 25.8 Å². The number of aliphatic hydroxyl groups excluding tert-OH is 1. The molecule has 0 spiro atoms. The number of rotatable bonds is 12. The fourth-order valence-electron chi connectivity index (χ4n) is 2.77. The first-order chi connectivity index (χ1) is 10.3. The van der Waals surface area contributed by atoms with Crippen molar-refractivity contribution in [2.45, 2.75) is 84.3 Å². The van der Waals surface area contributed by atoms with Gasteiger partial charge in [-0.1, -0.05) is 64.4 Å². The van der Waals surface area contributed by atoms with Crippen LogP contribution in [0.4, 0.5) is 0 Å². The summed E-state index contributed by atoms with van der Waals surface area (Å²) in [5.41, 5.74) is 0. The molecule has 0 saturated heterocycles. The maximum absolute atomic E-state index is 9.61. The van der Waals surface area contributed by atoms with Crippen molar-refractivity contribution in [1.29, 1.82) is 0 Å². The summed E-state index contributed by atoms with van der Waals surface area (Å²) < 4.78 is 0. The minimum Gasteiger partial charge on any atom is -0.374 e. The van der Waals surface area contributed by atoms with Gasteiger partial charge in [0.25, 0.3) is 0 Å². The first-order valence-electron chi connectivity index (χ1n) is 8.91. The van der Waals surface area contributed by atoms with Gasteiger partial charge >= 0.3 is 0 Å². The molecule has 1 heterocycles. The van der Waals surface area contributed by atoms with Crippen LogP contribution in [0.25, 0.3) is 0 Å². The lowest BCUT2D eigenvalue weighted by molar-refractivity contribution is 0.0788. The first-order valence-corrected chi connectivity index (χ1v) is 8.91. The van der Waals surface area contributed by atoms with Crippen molar-refractivity contribution in [1.82, 2.24) is 4.90 Å². The molecule has 3 nitrogen and oxygen atoms in total. The lowest BCUT2D eigenvalue weighted by Crippen LogP contribution is -2.34. The van der Waals surface area contributed by atoms with Crippen LogP contribution >= 0.6 is 0 Å². The molecule has 0 bridgehead atoms. The molecular formula is C18H34N2O. The van der Waals surface area contributed by atoms with Crippen molar-refractivity contribution in [2.75, 3.05) is 13.1 Å². The third-order valence-electron chi connectivity index (χ3n) is 4.10. The zero-order valence-electron chi connectivity index (χ0n) is 14.1. The summed E-state index contributed by atoms with van der Waals surface area (Å²) in [6, 6.07) is 0. The summed E-state index contributed by atoms with van der Waals surface area (Å²) >= 11 is 0. The molecule has 0 radical (unpaired) electrons. The molecule has 0 amide bonds. The second-order valence-corrected chi connectivity index (χ2v) is 6.08. The Kier molecular flexibility index (Phi) is 10.2. The molecule has 1 atom stereocenters. The van der Waals surface area contributed by atoms with Crippen molar-refractivity contribution < 1.29 is 5.11 Å². The van der Waals surface area contributed by atoms with Crippen LogP contribution in [-0.4, -0.2) is 35.2 Å². The maximum atomic E-state index is 9.61. The quantitative estimate of drug-likeness (QED) is 0.537. The number of hydrogen-bond acceptors (Lipinski definition) is 3. The van der Waals surface area contributed by atoms with Gasteiger partial charge in [0.15, 0.2) is 0 Å². The van der Waals surface area contributed by atoms with Crippen molar-refractivity contribution in [3.05, 3.63) is 12.2 Å². The van der Waals surface area contributed by atoms with Crippen molar-refractivity contribution in [3.8, 4) is 0 Å². The number of allylic oxidation sites excluding steroid dienone is 1. The minimum atomic E-state index is -0.427. The highest BCUT2D eigenvalue weighted by atomic mass is 16.3. The third-order valence-corrected chi connectivity index (χ3v) is 4.10. The van der Waals surface area contributed by atoms with Crippen molar-refractivity contribution in [2.24, 2.45) is 4.99 Å². The van der Waals surface area contributed by atoms with Gasteiger partial charge in [0.05, 0.1) is 6.54 Å². The molecule has 0 saturated carbocycles. The van der Waals surface area contributed by atoms with Crippen LogP contribution in [0.1, 0.15) is 78.1 Å². The Morgan fingerprint density at radius 1 is 1.10 bits per heavy atom. The van der Waals surface area contributed by atoms with Crippen molar-refractivity contribution in [3.63, 3.8) is 0 Å². The molecule has 1 N–H and O–H groups in total. The molecule has 0 aromatic carbocycles. The molecule has 0 aromatic heterocycles. The summed E-state index contributed by atoms with van der Waals surface area (Å²) in [7, 11) is 0. The van der Waals surface area contributed by atoms with Crippen LogP contribution in [0.15, 0.2) is 17.1 Å². The van der Waals surface area contributed by atoms with Crippen LogP contribution in [0.2, 0.25) is 0 Å². The van der Waals surface area contributed by atoms with Crippen LogP contribution in [0.5, 0.6) is 0 Å². The van der Waals surface area contributed by atoms with Gasteiger partial charge < -0.3 is 10.0 Å². The molecule has 21 heavy (non-hydrogen) atoms. The highest BCUT2D eigenvalue weighted by Crippen LogP contribution is 2.11. The molecule has 0 fully saturated rings. The van der Waals surface area contributed by atoms with E-state index in [0.29, 0.717) is 0 Å². The Hall–Kier alpha value is -0.830. The molecule has 1 aliphatic heterocycles. The molecular weight excluding hydrogens is 260 g/mol. The average molecular weight is 294 g/mol. The van der Waals surface area contributed by atoms with E-state index in [1.165, 1.54) is 57.8 Å². The molecule has 3 heteroatoms. The predicted molar refractivity (Wildman–Crippen MR) is 91.7 cm³/mol. The van der Waals surface area contributed by atoms with E-state index in [4.69, 9.17) is 0 Å². The largest absolute Gasteiger partial charge is 0.374 e. The topological polar surface area (TPSA) is 35.8 Å². The van der Waals surface area contributed by atoms with Crippen LogP contribution in [0, 0.1) is 0 Å². The summed E-state index contributed by atoms with van der Waals surface area (Å²) in [4.78, 5) is 6.37. The molecule has 0 aliphatic carbocycles. The van der Waals surface area contributed by atoms with E-state index in [-0.39, 0.29) is 0 Å². The van der Waals surface area contributed by atoms with Crippen molar-refractivity contribution >= 4 is 5.84 Å². The smallest absolute Gasteiger partial charge is 0.125 e. The van der Waals surface area contributed by atoms with E-state index < -0.39 is 6.23 Å². The zero-order valence-corrected chi connectivity index (χ0v) is 14.1. The standard InChI is InChI=1S/C18H34N2O/c1-3-4-5-6-7-8-9-10-11-12-13-14-18-19-15-16-20(18)17(2)21/h13-14,17,21H,3-12,15-16H2,1-2H3/b14-13+. The highest BCUT2D eigenvalue weighted by Gasteiger charge is 2.17. The van der Waals surface area contributed by atoms with Gasteiger partial charge in [-0.15, -0.1) is 0 Å². The van der Waals surface area contributed by atoms with E-state index in [1.807, 2.05) is 4.90 Å². The number of aliphatic hydroxyl groups is 1. The first kappa shape index (κ1) is 18.2. The van der Waals surface area contributed by atoms with Gasteiger partial charge in [0.2, 0.25) is 0 Å². The van der Waals surface area contributed by atoms with E-state index in [0.717, 1.165) is 25.3 Å². The normalized spacial score (nSPS) is 16.7. The summed E-state index contributed by atoms with van der Waals surface area (Å²) in [6.45, 7) is 5.72. The van der Waals surface area contributed by atoms with E-state index in [2.05, 4.69) is 24.1 Å². The van der Waals surface area contributed by atoms with Gasteiger partial charge in [0.1, 0.15) is 12.1 Å². The monoisotopic (exact) mass is 294 g/mol. The number of hydrogen-bond donors (Lipinski definition) is 1. The summed E-state index contributed by atoms with van der Waals surface area (Å²) in [5.74, 6) is 0.945. The Balaban J connectivity index is 1.95. The van der Waals surface area contributed by atoms with Crippen LogP contribution in [0.3, 0.4) is 0 Å². The molecule has 1 aliphatic rings. The summed E-state index contributed by atoms with van der Waals surface area (Å²) in [5, 5.41) is 9.61. The van der Waals surface area contributed by atoms with Crippen LogP contribution in [-0.2, 0) is 0 Å². The van der Waals surface area contributed by atoms with Gasteiger partial charge in [-0.25, -0.2) is 0 Å². The lowest BCUT2D eigenvalue weighted by Gasteiger charge is -2.21. The maximum Gasteiger partial charge on any atom is 0.125 e. The fourth-order valence-corrected chi connectivity index (χ4v) is 2.77. The molecule has 0 aromatic rings. The Morgan fingerprint density at radius 3 is 2.33 bits per heavy atom. The van der Waals surface area contributed by atoms with Gasteiger partial charge in [-0.2, -0.15) is 0 Å². The van der Waals surface area contributed by atoms with Gasteiger partial charge in [0, 0.05) is 6.54 Å². The average Bonchev–Trinajstić information content (AvgIpc) is 2.93. The molecule has 1 unspecified atom stereocenters. The second-order valence-electron chi connectivity index (χ2n) is 6.08. The second kappa shape index (κ2) is 11.8. The zero-order chi connectivity index (χ0) is 15.3. The number of amidine groups is 1. The lowest BCUT2D eigenvalue weighted by atomic mass is 10.1. The minimum absolute atomic E-state index is 0.427. The predicted octanol–water partition coefficient (Wildman–Crippen LogP) is 4.52. The molecule has 1 rings (SSSR count). The van der Waals surface area contributed by atoms with Crippen LogP contribution < -0.4 is 0 Å². The Labute approximate surface area is 131 Å². The summed E-state index contributed by atoms with van der Waals surface area (Å²) in [6.07, 6.45) is 17.4.